The maximum Gasteiger partial charge on any atom is 0.261 e. The summed E-state index contributed by atoms with van der Waals surface area (Å²) in [7, 11) is -4.39. The zero-order chi connectivity index (χ0) is 25.6. The molecule has 0 spiro atoms. The molecule has 3 aromatic rings. The Labute approximate surface area is 205 Å². The number of carbonyl (C=O) groups excluding carboxylic acids is 1. The van der Waals surface area contributed by atoms with Gasteiger partial charge in [0.25, 0.3) is 15.9 Å². The highest BCUT2D eigenvalue weighted by Crippen LogP contribution is 2.23. The third-order valence-corrected chi connectivity index (χ3v) is 8.35. The van der Waals surface area contributed by atoms with Crippen LogP contribution in [-0.2, 0) is 20.0 Å². The number of ether oxygens (including phenoxy) is 1. The van der Waals surface area contributed by atoms with E-state index in [4.69, 9.17) is 4.74 Å². The second-order valence-corrected chi connectivity index (χ2v) is 11.6. The minimum atomic E-state index is -3.79. The predicted octanol–water partition coefficient (Wildman–Crippen LogP) is 2.85. The molecule has 35 heavy (non-hydrogen) atoms. The fourth-order valence-electron chi connectivity index (χ4n) is 3.14. The lowest BCUT2D eigenvalue weighted by Gasteiger charge is -2.14. The summed E-state index contributed by atoms with van der Waals surface area (Å²) in [4.78, 5) is 12.9. The number of hydrogen-bond donors (Lipinski definition) is 2. The molecule has 0 fully saturated rings. The lowest BCUT2D eigenvalue weighted by Crippen LogP contribution is -2.29. The average Bonchev–Trinajstić information content (AvgIpc) is 2.83. The van der Waals surface area contributed by atoms with Crippen molar-refractivity contribution < 1.29 is 26.4 Å². The first kappa shape index (κ1) is 26.2. The van der Waals surface area contributed by atoms with Gasteiger partial charge in [-0.3, -0.25) is 9.52 Å². The molecule has 2 N–H and O–H groups in total. The fourth-order valence-corrected chi connectivity index (χ4v) is 5.19. The van der Waals surface area contributed by atoms with Crippen molar-refractivity contribution in [1.82, 2.24) is 9.62 Å². The number of nitrogens with one attached hydrogen (secondary N) is 2. The van der Waals surface area contributed by atoms with Crippen molar-refractivity contribution in [1.29, 1.82) is 0 Å². The normalized spacial score (nSPS) is 11.8. The molecule has 0 saturated carbocycles. The Balaban J connectivity index is 1.58. The maximum absolute atomic E-state index is 12.7. The van der Waals surface area contributed by atoms with Crippen LogP contribution in [0.2, 0.25) is 0 Å². The van der Waals surface area contributed by atoms with Gasteiger partial charge in [0.05, 0.1) is 22.0 Å². The molecular weight excluding hydrogens is 490 g/mol. The molecule has 0 unspecified atom stereocenters. The standard InChI is InChI=1S/C24H27N3O6S2/c1-18-22(10-7-11-23(18)26-34(29,30)20-8-5-4-6-9-20)24(28)25-16-17-33-19-12-14-21(15-13-19)35(31,32)27(2)3/h4-15,26H,16-17H2,1-3H3,(H,25,28). The van der Waals surface area contributed by atoms with Gasteiger partial charge >= 0.3 is 0 Å². The quantitative estimate of drug-likeness (QED) is 0.399. The molecule has 11 heteroatoms. The number of carbonyl (C=O) groups is 1. The molecule has 9 nitrogen and oxygen atoms in total. The molecule has 0 saturated heterocycles. The summed E-state index contributed by atoms with van der Waals surface area (Å²) >= 11 is 0. The van der Waals surface area contributed by atoms with Crippen molar-refractivity contribution in [2.24, 2.45) is 0 Å². The number of hydrogen-bond acceptors (Lipinski definition) is 6. The van der Waals surface area contributed by atoms with Crippen LogP contribution in [0.25, 0.3) is 0 Å². The van der Waals surface area contributed by atoms with Crippen LogP contribution in [0.5, 0.6) is 5.75 Å². The summed E-state index contributed by atoms with van der Waals surface area (Å²) in [6.45, 7) is 2.01. The first-order valence-corrected chi connectivity index (χ1v) is 13.6. The van der Waals surface area contributed by atoms with Crippen LogP contribution < -0.4 is 14.8 Å². The van der Waals surface area contributed by atoms with Gasteiger partial charge in [0.1, 0.15) is 12.4 Å². The Morgan fingerprint density at radius 1 is 0.857 bits per heavy atom. The summed E-state index contributed by atoms with van der Waals surface area (Å²) in [5.74, 6) is 0.0877. The molecule has 3 rings (SSSR count). The van der Waals surface area contributed by atoms with Crippen molar-refractivity contribution >= 4 is 31.6 Å². The van der Waals surface area contributed by atoms with E-state index in [0.29, 0.717) is 22.6 Å². The average molecular weight is 518 g/mol. The molecule has 0 aliphatic rings. The molecular formula is C24H27N3O6S2. The van der Waals surface area contributed by atoms with Gasteiger partial charge in [0, 0.05) is 19.7 Å². The van der Waals surface area contributed by atoms with Crippen molar-refractivity contribution in [3.63, 3.8) is 0 Å². The zero-order valence-electron chi connectivity index (χ0n) is 19.6. The molecule has 0 bridgehead atoms. The summed E-state index contributed by atoms with van der Waals surface area (Å²) in [5.41, 5.74) is 1.13. The van der Waals surface area contributed by atoms with Crippen LogP contribution in [0.15, 0.2) is 82.6 Å². The van der Waals surface area contributed by atoms with Crippen LogP contribution >= 0.6 is 0 Å². The smallest absolute Gasteiger partial charge is 0.261 e. The van der Waals surface area contributed by atoms with Crippen LogP contribution in [0, 0.1) is 6.92 Å². The van der Waals surface area contributed by atoms with Crippen LogP contribution in [-0.4, -0.2) is 54.3 Å². The topological polar surface area (TPSA) is 122 Å². The highest BCUT2D eigenvalue weighted by molar-refractivity contribution is 7.92. The first-order valence-electron chi connectivity index (χ1n) is 10.6. The Bertz CT molecular complexity index is 1390. The summed E-state index contributed by atoms with van der Waals surface area (Å²) < 4.78 is 58.7. The first-order chi connectivity index (χ1) is 16.5. The zero-order valence-corrected chi connectivity index (χ0v) is 21.2. The number of anilines is 1. The third-order valence-electron chi connectivity index (χ3n) is 5.13. The highest BCUT2D eigenvalue weighted by Gasteiger charge is 2.18. The molecule has 0 aliphatic carbocycles. The molecule has 0 heterocycles. The van der Waals surface area contributed by atoms with E-state index in [1.807, 2.05) is 0 Å². The van der Waals surface area contributed by atoms with Crippen LogP contribution in [0.1, 0.15) is 15.9 Å². The van der Waals surface area contributed by atoms with Crippen LogP contribution in [0.3, 0.4) is 0 Å². The molecule has 186 valence electrons. The van der Waals surface area contributed by atoms with Gasteiger partial charge in [0.15, 0.2) is 0 Å². The van der Waals surface area contributed by atoms with E-state index in [9.17, 15) is 21.6 Å². The number of benzene rings is 3. The van der Waals surface area contributed by atoms with Crippen molar-refractivity contribution in [3.05, 3.63) is 83.9 Å². The van der Waals surface area contributed by atoms with Gasteiger partial charge in [-0.25, -0.2) is 21.1 Å². The fraction of sp³-hybridized carbons (Fsp3) is 0.208. The minimum absolute atomic E-state index is 0.124. The molecule has 0 atom stereocenters. The van der Waals surface area contributed by atoms with Gasteiger partial charge in [-0.15, -0.1) is 0 Å². The minimum Gasteiger partial charge on any atom is -0.492 e. The summed E-state index contributed by atoms with van der Waals surface area (Å²) in [6.07, 6.45) is 0. The van der Waals surface area contributed by atoms with E-state index < -0.39 is 20.0 Å². The van der Waals surface area contributed by atoms with Gasteiger partial charge in [-0.05, 0) is 61.0 Å². The predicted molar refractivity (Wildman–Crippen MR) is 134 cm³/mol. The SMILES string of the molecule is Cc1c(NS(=O)(=O)c2ccccc2)cccc1C(=O)NCCOc1ccc(S(=O)(=O)N(C)C)cc1. The van der Waals surface area contributed by atoms with Gasteiger partial charge in [-0.1, -0.05) is 24.3 Å². The lowest BCUT2D eigenvalue weighted by atomic mass is 10.1. The number of amides is 1. The molecule has 3 aromatic carbocycles. The van der Waals surface area contributed by atoms with E-state index >= 15 is 0 Å². The highest BCUT2D eigenvalue weighted by atomic mass is 32.2. The van der Waals surface area contributed by atoms with Gasteiger partial charge in [-0.2, -0.15) is 0 Å². The van der Waals surface area contributed by atoms with E-state index in [1.54, 1.807) is 55.5 Å². The van der Waals surface area contributed by atoms with Crippen molar-refractivity contribution in [3.8, 4) is 5.75 Å². The van der Waals surface area contributed by atoms with E-state index in [-0.39, 0.29) is 28.8 Å². The maximum atomic E-state index is 12.7. The molecule has 0 aromatic heterocycles. The van der Waals surface area contributed by atoms with E-state index in [2.05, 4.69) is 10.0 Å². The second-order valence-electron chi connectivity index (χ2n) is 7.76. The Morgan fingerprint density at radius 2 is 1.51 bits per heavy atom. The van der Waals surface area contributed by atoms with Crippen LogP contribution in [0.4, 0.5) is 5.69 Å². The Hall–Kier alpha value is -3.41. The molecule has 0 radical (unpaired) electrons. The third kappa shape index (κ3) is 6.38. The summed E-state index contributed by atoms with van der Waals surface area (Å²) in [5, 5.41) is 2.74. The molecule has 1 amide bonds. The summed E-state index contributed by atoms with van der Waals surface area (Å²) in [6, 6.07) is 18.8. The number of nitrogens with zero attached hydrogens (tertiary/aromatic N) is 1. The largest absolute Gasteiger partial charge is 0.492 e. The number of rotatable bonds is 10. The van der Waals surface area contributed by atoms with E-state index in [1.165, 1.54) is 38.4 Å². The van der Waals surface area contributed by atoms with Gasteiger partial charge < -0.3 is 10.1 Å². The van der Waals surface area contributed by atoms with Crippen molar-refractivity contribution in [2.45, 2.75) is 16.7 Å². The second kappa shape index (κ2) is 10.9. The Morgan fingerprint density at radius 3 is 2.14 bits per heavy atom. The van der Waals surface area contributed by atoms with Gasteiger partial charge in [0.2, 0.25) is 10.0 Å². The monoisotopic (exact) mass is 517 g/mol. The number of sulfonamides is 2. The van der Waals surface area contributed by atoms with Crippen molar-refractivity contribution in [2.75, 3.05) is 32.0 Å². The Kier molecular flexibility index (Phi) is 8.15. The molecule has 0 aliphatic heterocycles. The van der Waals surface area contributed by atoms with E-state index in [0.717, 1.165) is 4.31 Å². The lowest BCUT2D eigenvalue weighted by molar-refractivity contribution is 0.0946.